The van der Waals surface area contributed by atoms with Crippen molar-refractivity contribution < 1.29 is 11.0 Å². The summed E-state index contributed by atoms with van der Waals surface area (Å²) in [6, 6.07) is 7.66. The number of carbonyl (C=O) groups is 1. The molecule has 0 bridgehead atoms. The number of nitrogens with one attached hydrogen (secondary N) is 1. The Morgan fingerprint density at radius 1 is 1.32 bits per heavy atom. The molecular weight excluding hydrogens is 238 g/mol. The average molecular weight is 259 g/mol. The lowest BCUT2D eigenvalue weighted by molar-refractivity contribution is 0.195. The summed E-state index contributed by atoms with van der Waals surface area (Å²) >= 11 is 0. The molecule has 1 amide bonds. The van der Waals surface area contributed by atoms with Gasteiger partial charge in [-0.05, 0) is 35.8 Å². The third-order valence-electron chi connectivity index (χ3n) is 2.52. The minimum atomic E-state index is -0.551. The van der Waals surface area contributed by atoms with Crippen molar-refractivity contribution in [1.29, 1.82) is 0 Å². The Morgan fingerprint density at radius 2 is 1.95 bits per heavy atom. The highest BCUT2D eigenvalue weighted by Gasteiger charge is 2.05. The smallest absolute Gasteiger partial charge is 0.410 e. The van der Waals surface area contributed by atoms with Gasteiger partial charge >= 0.3 is 6.09 Å². The number of rotatable bonds is 5. The Kier molecular flexibility index (Phi) is 5.61. The molecule has 0 aromatic heterocycles. The molecule has 1 aromatic rings. The van der Waals surface area contributed by atoms with Crippen LogP contribution in [0.2, 0.25) is 0 Å². The summed E-state index contributed by atoms with van der Waals surface area (Å²) in [6.45, 7) is 11.3. The van der Waals surface area contributed by atoms with Crippen LogP contribution >= 0.6 is 0 Å². The van der Waals surface area contributed by atoms with Crippen molar-refractivity contribution in [3.63, 3.8) is 0 Å². The van der Waals surface area contributed by atoms with Crippen molar-refractivity contribution in [3.8, 4) is 0 Å². The number of carbonyl (C=O) groups excluding carboxylic acids is 1. The van der Waals surface area contributed by atoms with Crippen LogP contribution in [0.25, 0.3) is 0 Å². The van der Waals surface area contributed by atoms with Gasteiger partial charge in [0.25, 0.3) is 0 Å². The third-order valence-corrected chi connectivity index (χ3v) is 2.52. The second-order valence-corrected chi connectivity index (χ2v) is 4.30. The summed E-state index contributed by atoms with van der Waals surface area (Å²) in [7, 11) is 0. The van der Waals surface area contributed by atoms with Crippen LogP contribution < -0.4 is 5.32 Å². The van der Waals surface area contributed by atoms with E-state index in [1.54, 1.807) is 6.08 Å². The van der Waals surface area contributed by atoms with Crippen LogP contribution in [-0.2, 0) is 4.74 Å². The van der Waals surface area contributed by atoms with E-state index in [1.807, 2.05) is 24.3 Å². The van der Waals surface area contributed by atoms with Crippen molar-refractivity contribution in [2.24, 2.45) is 0 Å². The number of anilines is 1. The maximum atomic E-state index is 11.6. The molecule has 3 heteroatoms. The molecule has 1 N–H and O–H groups in total. The minimum absolute atomic E-state index is 0. The van der Waals surface area contributed by atoms with E-state index in [0.717, 1.165) is 0 Å². The Bertz CT molecular complexity index is 490. The number of allylic oxidation sites excluding steroid dienone is 3. The van der Waals surface area contributed by atoms with Gasteiger partial charge in [-0.3, -0.25) is 5.32 Å². The SMILES string of the molecule is C=C/C=C(\C=C)OC(=O)Nc1ccc(C(C)C)cc1.[HH]. The topological polar surface area (TPSA) is 38.3 Å². The molecule has 1 rings (SSSR count). The molecule has 0 aliphatic heterocycles. The van der Waals surface area contributed by atoms with E-state index >= 15 is 0 Å². The summed E-state index contributed by atoms with van der Waals surface area (Å²) in [5.41, 5.74) is 1.91. The molecular formula is C16H21NO2. The Balaban J connectivity index is 0.00000361. The van der Waals surface area contributed by atoms with E-state index in [1.165, 1.54) is 17.7 Å². The second-order valence-electron chi connectivity index (χ2n) is 4.30. The molecule has 0 fully saturated rings. The lowest BCUT2D eigenvalue weighted by atomic mass is 10.0. The Labute approximate surface area is 115 Å². The van der Waals surface area contributed by atoms with E-state index in [2.05, 4.69) is 32.3 Å². The zero-order valence-electron chi connectivity index (χ0n) is 11.3. The van der Waals surface area contributed by atoms with Crippen LogP contribution in [0.5, 0.6) is 0 Å². The van der Waals surface area contributed by atoms with Crippen molar-refractivity contribution in [2.75, 3.05) is 5.32 Å². The summed E-state index contributed by atoms with van der Waals surface area (Å²) in [5, 5.41) is 2.65. The van der Waals surface area contributed by atoms with E-state index in [0.29, 0.717) is 17.4 Å². The van der Waals surface area contributed by atoms with E-state index in [-0.39, 0.29) is 1.43 Å². The molecule has 0 unspecified atom stereocenters. The molecule has 1 aromatic carbocycles. The van der Waals surface area contributed by atoms with Crippen LogP contribution in [0.3, 0.4) is 0 Å². The van der Waals surface area contributed by atoms with Gasteiger partial charge in [-0.1, -0.05) is 45.2 Å². The number of benzene rings is 1. The van der Waals surface area contributed by atoms with Crippen molar-refractivity contribution in [2.45, 2.75) is 19.8 Å². The van der Waals surface area contributed by atoms with E-state index in [9.17, 15) is 4.79 Å². The lowest BCUT2D eigenvalue weighted by Gasteiger charge is -2.09. The van der Waals surface area contributed by atoms with Gasteiger partial charge in [0.05, 0.1) is 0 Å². The van der Waals surface area contributed by atoms with Crippen molar-refractivity contribution in [1.82, 2.24) is 0 Å². The van der Waals surface area contributed by atoms with Gasteiger partial charge in [0.2, 0.25) is 0 Å². The van der Waals surface area contributed by atoms with E-state index < -0.39 is 6.09 Å². The first-order valence-electron chi connectivity index (χ1n) is 6.10. The van der Waals surface area contributed by atoms with Gasteiger partial charge in [-0.2, -0.15) is 0 Å². The first-order valence-corrected chi connectivity index (χ1v) is 6.10. The molecule has 0 radical (unpaired) electrons. The van der Waals surface area contributed by atoms with Gasteiger partial charge in [-0.15, -0.1) is 0 Å². The van der Waals surface area contributed by atoms with Crippen molar-refractivity contribution in [3.05, 3.63) is 67.0 Å². The molecule has 0 saturated carbocycles. The standard InChI is InChI=1S/C16H19NO2.H2/c1-5-7-15(6-2)19-16(18)17-14-10-8-13(9-11-14)12(3)4;/h5-12H,1-2H2,3-4H3,(H,17,18);1H/b15-7+;. The highest BCUT2D eigenvalue weighted by Crippen LogP contribution is 2.17. The molecule has 0 aliphatic rings. The van der Waals surface area contributed by atoms with E-state index in [4.69, 9.17) is 4.74 Å². The minimum Gasteiger partial charge on any atom is -0.410 e. The number of amides is 1. The maximum absolute atomic E-state index is 11.6. The highest BCUT2D eigenvalue weighted by molar-refractivity contribution is 5.85. The second kappa shape index (κ2) is 7.21. The lowest BCUT2D eigenvalue weighted by Crippen LogP contribution is -2.12. The largest absolute Gasteiger partial charge is 0.417 e. The maximum Gasteiger partial charge on any atom is 0.417 e. The molecule has 0 spiro atoms. The molecule has 102 valence electrons. The highest BCUT2D eigenvalue weighted by atomic mass is 16.6. The molecule has 0 saturated heterocycles. The van der Waals surface area contributed by atoms with Gasteiger partial charge < -0.3 is 4.74 Å². The number of hydrogen-bond donors (Lipinski definition) is 1. The van der Waals surface area contributed by atoms with Gasteiger partial charge in [0, 0.05) is 7.11 Å². The number of hydrogen-bond acceptors (Lipinski definition) is 2. The first-order chi connectivity index (χ1) is 9.06. The monoisotopic (exact) mass is 259 g/mol. The fraction of sp³-hybridized carbons (Fsp3) is 0.188. The zero-order chi connectivity index (χ0) is 14.3. The fourth-order valence-electron chi connectivity index (χ4n) is 1.46. The third kappa shape index (κ3) is 4.84. The Morgan fingerprint density at radius 3 is 2.42 bits per heavy atom. The Hall–Kier alpha value is -2.29. The summed E-state index contributed by atoms with van der Waals surface area (Å²) in [6.07, 6.45) is 3.99. The predicted octanol–water partition coefficient (Wildman–Crippen LogP) is 4.86. The van der Waals surface area contributed by atoms with Crippen molar-refractivity contribution >= 4 is 11.8 Å². The molecule has 3 nitrogen and oxygen atoms in total. The quantitative estimate of drug-likeness (QED) is 0.605. The van der Waals surface area contributed by atoms with Crippen LogP contribution in [0.1, 0.15) is 26.8 Å². The fourth-order valence-corrected chi connectivity index (χ4v) is 1.46. The molecule has 0 heterocycles. The van der Waals surface area contributed by atoms with Gasteiger partial charge in [0.15, 0.2) is 0 Å². The van der Waals surface area contributed by atoms with Crippen LogP contribution in [0.4, 0.5) is 10.5 Å². The molecule has 19 heavy (non-hydrogen) atoms. The summed E-state index contributed by atoms with van der Waals surface area (Å²) in [4.78, 5) is 11.6. The summed E-state index contributed by atoms with van der Waals surface area (Å²) in [5.74, 6) is 0.815. The predicted molar refractivity (Wildman–Crippen MR) is 81.2 cm³/mol. The molecule has 0 atom stereocenters. The van der Waals surface area contributed by atoms with Crippen LogP contribution in [0, 0.1) is 0 Å². The average Bonchev–Trinajstić information content (AvgIpc) is 2.38. The molecule has 0 aliphatic carbocycles. The zero-order valence-corrected chi connectivity index (χ0v) is 11.3. The summed E-state index contributed by atoms with van der Waals surface area (Å²) < 4.78 is 5.04. The van der Waals surface area contributed by atoms with Crippen LogP contribution in [0.15, 0.2) is 61.4 Å². The van der Waals surface area contributed by atoms with Gasteiger partial charge in [0.1, 0.15) is 5.76 Å². The number of ether oxygens (including phenoxy) is 1. The van der Waals surface area contributed by atoms with Gasteiger partial charge in [-0.25, -0.2) is 4.79 Å². The normalized spacial score (nSPS) is 11.0. The first kappa shape index (κ1) is 14.8. The van der Waals surface area contributed by atoms with Crippen LogP contribution in [-0.4, -0.2) is 6.09 Å².